The Labute approximate surface area is 311 Å². The molecule has 0 aromatic rings. The fourth-order valence-corrected chi connectivity index (χ4v) is 6.41. The van der Waals surface area contributed by atoms with Crippen LogP contribution in [0, 0.1) is 0 Å². The van der Waals surface area contributed by atoms with E-state index in [-0.39, 0.29) is 25.2 Å². The first kappa shape index (κ1) is 48.4. The van der Waals surface area contributed by atoms with Crippen molar-refractivity contribution in [2.75, 3.05) is 13.2 Å². The first-order valence-electron chi connectivity index (χ1n) is 21.9. The van der Waals surface area contributed by atoms with Gasteiger partial charge in [0.1, 0.15) is 6.61 Å². The van der Waals surface area contributed by atoms with Gasteiger partial charge >= 0.3 is 11.9 Å². The van der Waals surface area contributed by atoms with Crippen LogP contribution in [0.2, 0.25) is 0 Å². The summed E-state index contributed by atoms with van der Waals surface area (Å²) in [4.78, 5) is 24.3. The van der Waals surface area contributed by atoms with Crippen LogP contribution in [0.25, 0.3) is 0 Å². The summed E-state index contributed by atoms with van der Waals surface area (Å²) in [5.74, 6) is -0.584. The Balaban J connectivity index is 3.50. The van der Waals surface area contributed by atoms with Gasteiger partial charge in [0, 0.05) is 12.8 Å². The lowest BCUT2D eigenvalue weighted by molar-refractivity contribution is -0.161. The van der Waals surface area contributed by atoms with E-state index in [2.05, 4.69) is 38.2 Å². The van der Waals surface area contributed by atoms with Gasteiger partial charge in [-0.25, -0.2) is 0 Å². The van der Waals surface area contributed by atoms with Crippen LogP contribution >= 0.6 is 0 Å². The third-order valence-corrected chi connectivity index (χ3v) is 9.75. The number of rotatable bonds is 40. The zero-order valence-corrected chi connectivity index (χ0v) is 33.4. The molecule has 5 nitrogen and oxygen atoms in total. The number of hydrogen-bond donors (Lipinski definition) is 1. The maximum absolute atomic E-state index is 12.2. The number of carbonyl (C=O) groups excluding carboxylic acids is 2. The minimum Gasteiger partial charge on any atom is -0.462 e. The zero-order valence-electron chi connectivity index (χ0n) is 33.4. The largest absolute Gasteiger partial charge is 0.462 e. The van der Waals surface area contributed by atoms with Gasteiger partial charge in [-0.3, -0.25) is 9.59 Å². The van der Waals surface area contributed by atoms with E-state index in [1.54, 1.807) is 0 Å². The summed E-state index contributed by atoms with van der Waals surface area (Å²) in [6.07, 6.45) is 49.6. The van der Waals surface area contributed by atoms with Crippen LogP contribution in [-0.4, -0.2) is 36.4 Å². The van der Waals surface area contributed by atoms with Crippen molar-refractivity contribution in [2.45, 2.75) is 238 Å². The first-order chi connectivity index (χ1) is 24.6. The number of aliphatic hydroxyl groups excluding tert-OH is 1. The first-order valence-corrected chi connectivity index (χ1v) is 21.9. The third-order valence-electron chi connectivity index (χ3n) is 9.75. The molecule has 0 bridgehead atoms. The van der Waals surface area contributed by atoms with Gasteiger partial charge < -0.3 is 14.6 Å². The fourth-order valence-electron chi connectivity index (χ4n) is 6.41. The molecule has 0 radical (unpaired) electrons. The Hall–Kier alpha value is -1.62. The second-order valence-corrected chi connectivity index (χ2v) is 14.8. The second kappa shape index (κ2) is 41.8. The molecule has 0 fully saturated rings. The molecule has 0 spiro atoms. The quantitative estimate of drug-likeness (QED) is 0.0390. The molecule has 0 saturated carbocycles. The zero-order chi connectivity index (χ0) is 36.4. The molecule has 0 aromatic carbocycles. The molecule has 0 aromatic heterocycles. The Bertz CT molecular complexity index is 761. The lowest BCUT2D eigenvalue weighted by Crippen LogP contribution is -2.28. The van der Waals surface area contributed by atoms with Crippen molar-refractivity contribution in [2.24, 2.45) is 0 Å². The number of ether oxygens (including phenoxy) is 2. The molecular formula is C45H84O5. The maximum Gasteiger partial charge on any atom is 0.306 e. The van der Waals surface area contributed by atoms with Crippen LogP contribution in [0.15, 0.2) is 24.3 Å². The number of esters is 2. The Morgan fingerprint density at radius 2 is 0.800 bits per heavy atom. The molecule has 1 atom stereocenters. The summed E-state index contributed by atoms with van der Waals surface area (Å²) in [7, 11) is 0. The number of allylic oxidation sites excluding steroid dienone is 4. The maximum atomic E-state index is 12.2. The van der Waals surface area contributed by atoms with Crippen molar-refractivity contribution in [3.63, 3.8) is 0 Å². The van der Waals surface area contributed by atoms with E-state index in [0.29, 0.717) is 12.8 Å². The van der Waals surface area contributed by atoms with Gasteiger partial charge in [0.25, 0.3) is 0 Å². The summed E-state index contributed by atoms with van der Waals surface area (Å²) in [5.41, 5.74) is 0. The summed E-state index contributed by atoms with van der Waals surface area (Å²) in [6.45, 7) is 4.13. The molecule has 1 unspecified atom stereocenters. The molecule has 5 heteroatoms. The molecule has 0 amide bonds. The Kier molecular flexibility index (Phi) is 40.4. The predicted molar refractivity (Wildman–Crippen MR) is 215 cm³/mol. The lowest BCUT2D eigenvalue weighted by Gasteiger charge is -2.15. The van der Waals surface area contributed by atoms with Crippen molar-refractivity contribution in [1.29, 1.82) is 0 Å². The van der Waals surface area contributed by atoms with Gasteiger partial charge in [-0.15, -0.1) is 0 Å². The van der Waals surface area contributed by atoms with E-state index in [1.165, 1.54) is 161 Å². The van der Waals surface area contributed by atoms with Gasteiger partial charge in [0.2, 0.25) is 0 Å². The molecule has 1 N–H and O–H groups in total. The molecule has 0 rings (SSSR count). The van der Waals surface area contributed by atoms with Crippen LogP contribution in [0.1, 0.15) is 232 Å². The number of unbranched alkanes of at least 4 members (excludes halogenated alkanes) is 28. The number of carbonyl (C=O) groups is 2. The highest BCUT2D eigenvalue weighted by atomic mass is 16.6. The van der Waals surface area contributed by atoms with Crippen molar-refractivity contribution < 1.29 is 24.2 Å². The molecule has 0 aliphatic heterocycles. The topological polar surface area (TPSA) is 72.8 Å². The van der Waals surface area contributed by atoms with Crippen molar-refractivity contribution >= 4 is 11.9 Å². The third kappa shape index (κ3) is 39.2. The van der Waals surface area contributed by atoms with E-state index >= 15 is 0 Å². The summed E-state index contributed by atoms with van der Waals surface area (Å²) in [5, 5.41) is 9.58. The minimum atomic E-state index is -0.769. The molecule has 0 aliphatic carbocycles. The summed E-state index contributed by atoms with van der Waals surface area (Å²) >= 11 is 0. The summed E-state index contributed by atoms with van der Waals surface area (Å²) in [6, 6.07) is 0. The smallest absolute Gasteiger partial charge is 0.306 e. The van der Waals surface area contributed by atoms with Gasteiger partial charge in [0.15, 0.2) is 6.10 Å². The minimum absolute atomic E-state index is 0.0626. The summed E-state index contributed by atoms with van der Waals surface area (Å²) < 4.78 is 10.6. The van der Waals surface area contributed by atoms with Crippen LogP contribution < -0.4 is 0 Å². The van der Waals surface area contributed by atoms with Crippen LogP contribution in [0.3, 0.4) is 0 Å². The van der Waals surface area contributed by atoms with E-state index in [0.717, 1.165) is 44.9 Å². The normalized spacial score (nSPS) is 12.3. The van der Waals surface area contributed by atoms with Gasteiger partial charge in [-0.05, 0) is 44.9 Å². The van der Waals surface area contributed by atoms with E-state index in [1.807, 2.05) is 0 Å². The molecule has 0 heterocycles. The van der Waals surface area contributed by atoms with Gasteiger partial charge in [-0.2, -0.15) is 0 Å². The number of aliphatic hydroxyl groups is 1. The average Bonchev–Trinajstić information content (AvgIpc) is 3.12. The monoisotopic (exact) mass is 705 g/mol. The predicted octanol–water partition coefficient (Wildman–Crippen LogP) is 13.8. The average molecular weight is 705 g/mol. The van der Waals surface area contributed by atoms with Crippen molar-refractivity contribution in [3.8, 4) is 0 Å². The van der Waals surface area contributed by atoms with E-state index in [9.17, 15) is 14.7 Å². The van der Waals surface area contributed by atoms with Gasteiger partial charge in [0.05, 0.1) is 6.61 Å². The SMILES string of the molecule is CCCCCC=CCC=CCCCCCCCCCCCC(=O)OC(CO)COC(=O)CCCCCCCCCCCCCCCCCCC. The highest BCUT2D eigenvalue weighted by Gasteiger charge is 2.16. The fraction of sp³-hybridized carbons (Fsp3) is 0.867. The highest BCUT2D eigenvalue weighted by molar-refractivity contribution is 5.70. The molecule has 294 valence electrons. The van der Waals surface area contributed by atoms with E-state index < -0.39 is 6.10 Å². The second-order valence-electron chi connectivity index (χ2n) is 14.8. The van der Waals surface area contributed by atoms with Crippen LogP contribution in [-0.2, 0) is 19.1 Å². The van der Waals surface area contributed by atoms with E-state index in [4.69, 9.17) is 9.47 Å². The molecule has 50 heavy (non-hydrogen) atoms. The Morgan fingerprint density at radius 1 is 0.460 bits per heavy atom. The Morgan fingerprint density at radius 3 is 1.22 bits per heavy atom. The van der Waals surface area contributed by atoms with Crippen molar-refractivity contribution in [3.05, 3.63) is 24.3 Å². The standard InChI is InChI=1S/C45H84O5/c1-3-5-7-9-11-13-15-17-19-21-22-24-26-28-30-32-34-36-38-40-45(48)50-43(41-46)42-49-44(47)39-37-35-33-31-29-27-25-23-20-18-16-14-12-10-8-6-4-2/h11,13,17,19,43,46H,3-10,12,14-16,18,20-42H2,1-2H3. The highest BCUT2D eigenvalue weighted by Crippen LogP contribution is 2.15. The van der Waals surface area contributed by atoms with Crippen LogP contribution in [0.4, 0.5) is 0 Å². The lowest BCUT2D eigenvalue weighted by atomic mass is 10.0. The molecule has 0 saturated heterocycles. The van der Waals surface area contributed by atoms with Crippen molar-refractivity contribution in [1.82, 2.24) is 0 Å². The molecular weight excluding hydrogens is 620 g/mol. The number of hydrogen-bond acceptors (Lipinski definition) is 5. The molecule has 0 aliphatic rings. The van der Waals surface area contributed by atoms with Crippen LogP contribution in [0.5, 0.6) is 0 Å². The van der Waals surface area contributed by atoms with Gasteiger partial charge in [-0.1, -0.05) is 199 Å².